The van der Waals surface area contributed by atoms with Crippen molar-refractivity contribution in [3.8, 4) is 0 Å². The lowest BCUT2D eigenvalue weighted by molar-refractivity contribution is -0.133. The Labute approximate surface area is 200 Å². The third kappa shape index (κ3) is 18.0. The van der Waals surface area contributed by atoms with Crippen molar-refractivity contribution in [2.45, 2.75) is 84.1 Å². The Kier molecular flexibility index (Phi) is 20.2. The van der Waals surface area contributed by atoms with E-state index >= 15 is 0 Å². The van der Waals surface area contributed by atoms with E-state index in [1.54, 1.807) is 4.90 Å². The SMILES string of the molecule is CCC=CCCC(=O)NCCCCN(CCCNC(=O)CCC=CCC)C(=O)[C@@H](N)CCN. The molecule has 33 heavy (non-hydrogen) atoms. The summed E-state index contributed by atoms with van der Waals surface area (Å²) in [6, 6.07) is -0.606. The highest BCUT2D eigenvalue weighted by molar-refractivity contribution is 5.81. The molecule has 3 amide bonds. The van der Waals surface area contributed by atoms with Crippen LogP contribution in [0.5, 0.6) is 0 Å². The molecule has 0 bridgehead atoms. The minimum absolute atomic E-state index is 0.0226. The zero-order valence-electron chi connectivity index (χ0n) is 20.8. The minimum atomic E-state index is -0.606. The predicted octanol–water partition coefficient (Wildman–Crippen LogP) is 2.39. The van der Waals surface area contributed by atoms with E-state index in [2.05, 4.69) is 36.6 Å². The fraction of sp³-hybridized carbons (Fsp3) is 0.720. The second kappa shape index (κ2) is 21.6. The summed E-state index contributed by atoms with van der Waals surface area (Å²) in [7, 11) is 0. The van der Waals surface area contributed by atoms with Crippen LogP contribution in [-0.2, 0) is 14.4 Å². The van der Waals surface area contributed by atoms with Gasteiger partial charge in [0.2, 0.25) is 17.7 Å². The zero-order valence-corrected chi connectivity index (χ0v) is 20.8. The van der Waals surface area contributed by atoms with Crippen molar-refractivity contribution in [1.82, 2.24) is 15.5 Å². The number of amides is 3. The molecule has 0 heterocycles. The van der Waals surface area contributed by atoms with Crippen LogP contribution in [0.15, 0.2) is 24.3 Å². The van der Waals surface area contributed by atoms with Crippen molar-refractivity contribution in [2.75, 3.05) is 32.7 Å². The standard InChI is InChI=1S/C25H47N5O3/c1-3-5-7-9-14-23(31)28-18-11-12-20-30(25(33)22(27)16-17-26)21-13-19-29-24(32)15-10-8-6-4-2/h5-8,22H,3-4,9-21,26-27H2,1-2H3,(H,28,31)(H,29,32)/t22-/m0/s1. The molecule has 0 aliphatic carbocycles. The summed E-state index contributed by atoms with van der Waals surface area (Å²) >= 11 is 0. The smallest absolute Gasteiger partial charge is 0.239 e. The first kappa shape index (κ1) is 30.8. The molecule has 190 valence electrons. The number of carbonyl (C=O) groups is 3. The summed E-state index contributed by atoms with van der Waals surface area (Å²) in [4.78, 5) is 38.1. The lowest BCUT2D eigenvalue weighted by atomic mass is 10.1. The molecule has 0 aromatic carbocycles. The van der Waals surface area contributed by atoms with E-state index in [9.17, 15) is 14.4 Å². The van der Waals surface area contributed by atoms with E-state index in [4.69, 9.17) is 11.5 Å². The third-order valence-electron chi connectivity index (χ3n) is 5.09. The molecule has 1 atom stereocenters. The van der Waals surface area contributed by atoms with Gasteiger partial charge in [-0.2, -0.15) is 0 Å². The summed E-state index contributed by atoms with van der Waals surface area (Å²) in [5.74, 6) is -0.0350. The Morgan fingerprint density at radius 2 is 1.33 bits per heavy atom. The monoisotopic (exact) mass is 465 g/mol. The summed E-state index contributed by atoms with van der Waals surface area (Å²) in [5, 5.41) is 5.83. The van der Waals surface area contributed by atoms with E-state index in [-0.39, 0.29) is 17.7 Å². The van der Waals surface area contributed by atoms with Gasteiger partial charge in [-0.05, 0) is 57.9 Å². The van der Waals surface area contributed by atoms with Crippen molar-refractivity contribution < 1.29 is 14.4 Å². The van der Waals surface area contributed by atoms with Gasteiger partial charge in [-0.25, -0.2) is 0 Å². The number of carbonyl (C=O) groups excluding carboxylic acids is 3. The molecule has 6 N–H and O–H groups in total. The van der Waals surface area contributed by atoms with Crippen LogP contribution in [-0.4, -0.2) is 61.4 Å². The van der Waals surface area contributed by atoms with Crippen LogP contribution < -0.4 is 22.1 Å². The summed E-state index contributed by atoms with van der Waals surface area (Å²) in [6.07, 6.45) is 15.2. The van der Waals surface area contributed by atoms with Crippen LogP contribution in [0.2, 0.25) is 0 Å². The molecular weight excluding hydrogens is 418 g/mol. The van der Waals surface area contributed by atoms with Gasteiger partial charge in [0.15, 0.2) is 0 Å². The van der Waals surface area contributed by atoms with E-state index in [0.717, 1.165) is 38.5 Å². The number of hydrogen-bond donors (Lipinski definition) is 4. The van der Waals surface area contributed by atoms with Gasteiger partial charge in [-0.3, -0.25) is 14.4 Å². The topological polar surface area (TPSA) is 131 Å². The molecule has 0 rings (SSSR count). The van der Waals surface area contributed by atoms with Crippen LogP contribution in [0.3, 0.4) is 0 Å². The number of nitrogens with zero attached hydrogens (tertiary/aromatic N) is 1. The normalized spacial score (nSPS) is 12.2. The first-order valence-electron chi connectivity index (χ1n) is 12.5. The molecule has 0 radical (unpaired) electrons. The van der Waals surface area contributed by atoms with Crippen molar-refractivity contribution >= 4 is 17.7 Å². The number of rotatable bonds is 20. The van der Waals surface area contributed by atoms with Crippen molar-refractivity contribution in [3.63, 3.8) is 0 Å². The second-order valence-corrected chi connectivity index (χ2v) is 8.11. The highest BCUT2D eigenvalue weighted by atomic mass is 16.2. The molecule has 0 saturated heterocycles. The average Bonchev–Trinajstić information content (AvgIpc) is 2.80. The third-order valence-corrected chi connectivity index (χ3v) is 5.09. The maximum Gasteiger partial charge on any atom is 0.239 e. The van der Waals surface area contributed by atoms with E-state index in [0.29, 0.717) is 58.4 Å². The molecule has 8 nitrogen and oxygen atoms in total. The second-order valence-electron chi connectivity index (χ2n) is 8.11. The van der Waals surface area contributed by atoms with E-state index < -0.39 is 6.04 Å². The summed E-state index contributed by atoms with van der Waals surface area (Å²) in [5.41, 5.74) is 11.5. The van der Waals surface area contributed by atoms with Crippen molar-refractivity contribution in [2.24, 2.45) is 11.5 Å². The Bertz CT molecular complexity index is 593. The molecule has 0 spiro atoms. The van der Waals surface area contributed by atoms with Gasteiger partial charge < -0.3 is 27.0 Å². The minimum Gasteiger partial charge on any atom is -0.356 e. The fourth-order valence-corrected chi connectivity index (χ4v) is 3.20. The molecule has 8 heteroatoms. The van der Waals surface area contributed by atoms with Crippen LogP contribution in [0.4, 0.5) is 0 Å². The number of nitrogens with two attached hydrogens (primary N) is 2. The molecular formula is C25H47N5O3. The van der Waals surface area contributed by atoms with Crippen molar-refractivity contribution in [1.29, 1.82) is 0 Å². The maximum absolute atomic E-state index is 12.7. The number of allylic oxidation sites excluding steroid dienone is 4. The Morgan fingerprint density at radius 1 is 0.818 bits per heavy atom. The first-order chi connectivity index (χ1) is 16.0. The average molecular weight is 466 g/mol. The van der Waals surface area contributed by atoms with Crippen LogP contribution in [0.25, 0.3) is 0 Å². The van der Waals surface area contributed by atoms with E-state index in [1.807, 2.05) is 12.2 Å². The molecule has 0 aliphatic rings. The molecule has 0 aliphatic heterocycles. The highest BCUT2D eigenvalue weighted by Crippen LogP contribution is 2.03. The van der Waals surface area contributed by atoms with Gasteiger partial charge in [0.1, 0.15) is 0 Å². The lowest BCUT2D eigenvalue weighted by Crippen LogP contribution is -2.46. The Hall–Kier alpha value is -2.19. The Morgan fingerprint density at radius 3 is 1.85 bits per heavy atom. The van der Waals surface area contributed by atoms with E-state index in [1.165, 1.54) is 0 Å². The first-order valence-corrected chi connectivity index (χ1v) is 12.5. The number of nitrogens with one attached hydrogen (secondary N) is 2. The van der Waals surface area contributed by atoms with Gasteiger partial charge in [0, 0.05) is 39.0 Å². The van der Waals surface area contributed by atoms with Crippen molar-refractivity contribution in [3.05, 3.63) is 24.3 Å². The molecule has 0 saturated carbocycles. The molecule has 0 aromatic heterocycles. The van der Waals surface area contributed by atoms with Gasteiger partial charge in [-0.15, -0.1) is 0 Å². The van der Waals surface area contributed by atoms with Crippen LogP contribution >= 0.6 is 0 Å². The molecule has 0 aromatic rings. The maximum atomic E-state index is 12.7. The molecule has 0 unspecified atom stereocenters. The number of hydrogen-bond acceptors (Lipinski definition) is 5. The quantitative estimate of drug-likeness (QED) is 0.162. The Balaban J connectivity index is 4.30. The zero-order chi connectivity index (χ0) is 24.7. The van der Waals surface area contributed by atoms with Crippen LogP contribution in [0.1, 0.15) is 78.1 Å². The van der Waals surface area contributed by atoms with Crippen LogP contribution in [0, 0.1) is 0 Å². The lowest BCUT2D eigenvalue weighted by Gasteiger charge is -2.26. The molecule has 0 fully saturated rings. The largest absolute Gasteiger partial charge is 0.356 e. The van der Waals surface area contributed by atoms with Gasteiger partial charge in [0.25, 0.3) is 0 Å². The fourth-order valence-electron chi connectivity index (χ4n) is 3.20. The number of unbranched alkanes of at least 4 members (excludes halogenated alkanes) is 1. The summed E-state index contributed by atoms with van der Waals surface area (Å²) in [6.45, 7) is 6.71. The highest BCUT2D eigenvalue weighted by Gasteiger charge is 2.19. The summed E-state index contributed by atoms with van der Waals surface area (Å²) < 4.78 is 0. The van der Waals surface area contributed by atoms with Gasteiger partial charge >= 0.3 is 0 Å². The predicted molar refractivity (Wildman–Crippen MR) is 135 cm³/mol. The van der Waals surface area contributed by atoms with Gasteiger partial charge in [-0.1, -0.05) is 38.2 Å². The van der Waals surface area contributed by atoms with Gasteiger partial charge in [0.05, 0.1) is 6.04 Å².